The molecule has 0 atom stereocenters. The summed E-state index contributed by atoms with van der Waals surface area (Å²) in [5, 5.41) is 7.24. The van der Waals surface area contributed by atoms with Crippen LogP contribution in [-0.4, -0.2) is 28.7 Å². The molecule has 0 aliphatic carbocycles. The van der Waals surface area contributed by atoms with Gasteiger partial charge in [-0.05, 0) is 102 Å². The predicted molar refractivity (Wildman–Crippen MR) is 310 cm³/mol. The zero-order valence-electron chi connectivity index (χ0n) is 40.6. The molecular formula is C69H44N6. The lowest BCUT2D eigenvalue weighted by Gasteiger charge is -2.17. The highest BCUT2D eigenvalue weighted by Crippen LogP contribution is 2.44. The summed E-state index contributed by atoms with van der Waals surface area (Å²) in [6, 6.07) is 95.4. The van der Waals surface area contributed by atoms with Gasteiger partial charge in [0.15, 0.2) is 17.5 Å². The maximum atomic E-state index is 5.21. The van der Waals surface area contributed by atoms with Crippen molar-refractivity contribution in [3.63, 3.8) is 0 Å². The van der Waals surface area contributed by atoms with Gasteiger partial charge in [-0.2, -0.15) is 0 Å². The number of benzene rings is 11. The SMILES string of the molecule is c1ccc(-c2nc(-c3ccccc3)nc(-c3ccc(-n4c5ccccc5c5ccccc54)c(-c4ccc5c6cc(-c7cccc8c7c7ccccc7n8-c7ccccc7)ccc6n(-c6ccccc6)c5c4)c3)n2)cc1. The number of fused-ring (bicyclic) bond motifs is 9. The highest BCUT2D eigenvalue weighted by atomic mass is 15.0. The van der Waals surface area contributed by atoms with Gasteiger partial charge in [0.05, 0.1) is 38.8 Å². The fraction of sp³-hybridized carbons (Fsp3) is 0. The molecule has 15 aromatic rings. The Bertz CT molecular complexity index is 4580. The zero-order chi connectivity index (χ0) is 49.4. The maximum absolute atomic E-state index is 5.21. The first kappa shape index (κ1) is 42.5. The molecule has 0 spiro atoms. The van der Waals surface area contributed by atoms with Gasteiger partial charge in [-0.15, -0.1) is 0 Å². The van der Waals surface area contributed by atoms with Gasteiger partial charge >= 0.3 is 0 Å². The summed E-state index contributed by atoms with van der Waals surface area (Å²) >= 11 is 0. The second-order valence-corrected chi connectivity index (χ2v) is 19.2. The second kappa shape index (κ2) is 17.3. The average Bonchev–Trinajstić information content (AvgIpc) is 4.19. The van der Waals surface area contributed by atoms with Crippen molar-refractivity contribution in [3.05, 3.63) is 267 Å². The van der Waals surface area contributed by atoms with Crippen molar-refractivity contribution in [3.8, 4) is 73.5 Å². The van der Waals surface area contributed by atoms with E-state index < -0.39 is 0 Å². The Hall–Kier alpha value is -10.2. The van der Waals surface area contributed by atoms with Gasteiger partial charge in [0.2, 0.25) is 0 Å². The van der Waals surface area contributed by atoms with Crippen molar-refractivity contribution in [2.45, 2.75) is 0 Å². The van der Waals surface area contributed by atoms with Crippen LogP contribution < -0.4 is 0 Å². The summed E-state index contributed by atoms with van der Waals surface area (Å²) in [4.78, 5) is 15.5. The Balaban J connectivity index is 0.975. The van der Waals surface area contributed by atoms with Crippen LogP contribution in [0, 0.1) is 0 Å². The Labute approximate surface area is 432 Å². The van der Waals surface area contributed by atoms with Crippen LogP contribution in [0.25, 0.3) is 139 Å². The molecule has 6 nitrogen and oxygen atoms in total. The Kier molecular flexibility index (Phi) is 9.78. The number of nitrogens with zero attached hydrogens (tertiary/aromatic N) is 6. The fourth-order valence-electron chi connectivity index (χ4n) is 11.5. The molecule has 0 amide bonds. The van der Waals surface area contributed by atoms with Gasteiger partial charge < -0.3 is 13.7 Å². The first-order valence-electron chi connectivity index (χ1n) is 25.4. The molecule has 4 aromatic heterocycles. The van der Waals surface area contributed by atoms with Gasteiger partial charge in [-0.3, -0.25) is 0 Å². The van der Waals surface area contributed by atoms with E-state index in [1.807, 2.05) is 36.4 Å². The van der Waals surface area contributed by atoms with Crippen molar-refractivity contribution in [1.29, 1.82) is 0 Å². The third-order valence-electron chi connectivity index (χ3n) is 14.9. The first-order valence-corrected chi connectivity index (χ1v) is 25.4. The van der Waals surface area contributed by atoms with Crippen molar-refractivity contribution in [2.24, 2.45) is 0 Å². The summed E-state index contributed by atoms with van der Waals surface area (Å²) in [5.74, 6) is 1.85. The number of para-hydroxylation sites is 5. The highest BCUT2D eigenvalue weighted by molar-refractivity contribution is 6.18. The number of hydrogen-bond donors (Lipinski definition) is 0. The van der Waals surface area contributed by atoms with E-state index in [1.165, 1.54) is 54.5 Å². The molecule has 0 aliphatic heterocycles. The molecule has 75 heavy (non-hydrogen) atoms. The molecule has 0 aliphatic rings. The van der Waals surface area contributed by atoms with Crippen LogP contribution in [-0.2, 0) is 0 Å². The van der Waals surface area contributed by atoms with E-state index >= 15 is 0 Å². The lowest BCUT2D eigenvalue weighted by Crippen LogP contribution is -2.02. The van der Waals surface area contributed by atoms with Crippen molar-refractivity contribution in [1.82, 2.24) is 28.7 Å². The molecule has 11 aromatic carbocycles. The molecule has 0 saturated carbocycles. The van der Waals surface area contributed by atoms with Gasteiger partial charge in [0, 0.05) is 65.9 Å². The molecule has 15 rings (SSSR count). The first-order chi connectivity index (χ1) is 37.2. The predicted octanol–water partition coefficient (Wildman–Crippen LogP) is 17.5. The zero-order valence-corrected chi connectivity index (χ0v) is 40.6. The molecule has 0 radical (unpaired) electrons. The summed E-state index contributed by atoms with van der Waals surface area (Å²) in [7, 11) is 0. The van der Waals surface area contributed by atoms with E-state index in [0.29, 0.717) is 17.5 Å². The molecule has 0 N–H and O–H groups in total. The van der Waals surface area contributed by atoms with Gasteiger partial charge in [0.25, 0.3) is 0 Å². The lowest BCUT2D eigenvalue weighted by atomic mass is 9.96. The standard InChI is InChI=1S/C69H44N6/c1-5-20-45(21-6-1)67-70-68(46-22-7-2-8-23-46)72-69(71-67)49-38-41-62(75-59-32-16-13-28-53(59)54-29-14-17-33-60(54)75)57(43-49)48-36-39-55-58-42-47(37-40-63(58)74(65(55)44-48)51-26-11-4-12-27-51)52-31-19-35-64-66(52)56-30-15-18-34-61(56)73(64)50-24-9-3-10-25-50/h1-44H. The van der Waals surface area contributed by atoms with Crippen molar-refractivity contribution in [2.75, 3.05) is 0 Å². The van der Waals surface area contributed by atoms with Crippen LogP contribution in [0.2, 0.25) is 0 Å². The van der Waals surface area contributed by atoms with E-state index in [-0.39, 0.29) is 0 Å². The third kappa shape index (κ3) is 6.92. The summed E-state index contributed by atoms with van der Waals surface area (Å²) < 4.78 is 7.23. The molecule has 0 fully saturated rings. The monoisotopic (exact) mass is 956 g/mol. The van der Waals surface area contributed by atoms with Crippen molar-refractivity contribution < 1.29 is 0 Å². The van der Waals surface area contributed by atoms with Gasteiger partial charge in [0.1, 0.15) is 0 Å². The minimum Gasteiger partial charge on any atom is -0.309 e. The number of rotatable bonds is 8. The molecule has 0 saturated heterocycles. The lowest BCUT2D eigenvalue weighted by molar-refractivity contribution is 1.07. The van der Waals surface area contributed by atoms with Crippen LogP contribution in [0.15, 0.2) is 267 Å². The molecule has 0 bridgehead atoms. The largest absolute Gasteiger partial charge is 0.309 e. The van der Waals surface area contributed by atoms with E-state index in [9.17, 15) is 0 Å². The van der Waals surface area contributed by atoms with Crippen LogP contribution in [0.3, 0.4) is 0 Å². The van der Waals surface area contributed by atoms with Crippen LogP contribution in [0.4, 0.5) is 0 Å². The minimum atomic E-state index is 0.603. The molecule has 4 heterocycles. The quantitative estimate of drug-likeness (QED) is 0.152. The third-order valence-corrected chi connectivity index (χ3v) is 14.9. The smallest absolute Gasteiger partial charge is 0.164 e. The summed E-state index contributed by atoms with van der Waals surface area (Å²) in [5.41, 5.74) is 17.4. The van der Waals surface area contributed by atoms with Gasteiger partial charge in [-0.25, -0.2) is 15.0 Å². The molecular weight excluding hydrogens is 913 g/mol. The number of hydrogen-bond acceptors (Lipinski definition) is 3. The van der Waals surface area contributed by atoms with E-state index in [2.05, 4.69) is 244 Å². The second-order valence-electron chi connectivity index (χ2n) is 19.2. The van der Waals surface area contributed by atoms with E-state index in [0.717, 1.165) is 66.9 Å². The maximum Gasteiger partial charge on any atom is 0.164 e. The van der Waals surface area contributed by atoms with Crippen LogP contribution in [0.5, 0.6) is 0 Å². The highest BCUT2D eigenvalue weighted by Gasteiger charge is 2.22. The summed E-state index contributed by atoms with van der Waals surface area (Å²) in [6.45, 7) is 0. The minimum absolute atomic E-state index is 0.603. The van der Waals surface area contributed by atoms with Crippen LogP contribution in [0.1, 0.15) is 0 Å². The molecule has 0 unspecified atom stereocenters. The fourth-order valence-corrected chi connectivity index (χ4v) is 11.5. The topological polar surface area (TPSA) is 53.5 Å². The molecule has 350 valence electrons. The van der Waals surface area contributed by atoms with E-state index in [1.54, 1.807) is 0 Å². The normalized spacial score (nSPS) is 11.7. The van der Waals surface area contributed by atoms with Gasteiger partial charge in [-0.1, -0.05) is 182 Å². The van der Waals surface area contributed by atoms with Crippen molar-refractivity contribution >= 4 is 65.4 Å². The molecule has 6 heteroatoms. The Morgan fingerprint density at radius 3 is 1.28 bits per heavy atom. The number of aromatic nitrogens is 6. The van der Waals surface area contributed by atoms with E-state index in [4.69, 9.17) is 15.0 Å². The Morgan fingerprint density at radius 2 is 0.667 bits per heavy atom. The van der Waals surface area contributed by atoms with Crippen LogP contribution >= 0.6 is 0 Å². The Morgan fingerprint density at radius 1 is 0.227 bits per heavy atom. The average molecular weight is 957 g/mol. The summed E-state index contributed by atoms with van der Waals surface area (Å²) in [6.07, 6.45) is 0.